The maximum atomic E-state index is 9.88. The summed E-state index contributed by atoms with van der Waals surface area (Å²) in [6, 6.07) is 0. The van der Waals surface area contributed by atoms with E-state index in [1.54, 1.807) is 0 Å². The quantitative estimate of drug-likeness (QED) is 0.228. The topological polar surface area (TPSA) is 191 Å². The predicted molar refractivity (Wildman–Crippen MR) is 64.9 cm³/mol. The van der Waals surface area contributed by atoms with Crippen LogP contribution >= 0.6 is 0 Å². The van der Waals surface area contributed by atoms with Crippen molar-refractivity contribution in [3.05, 3.63) is 0 Å². The van der Waals surface area contributed by atoms with Gasteiger partial charge in [-0.25, -0.2) is 0 Å². The van der Waals surface area contributed by atoms with Crippen molar-refractivity contribution in [1.82, 2.24) is 0 Å². The SMILES string of the molecule is OC[C@H](O)[C@H](O)[C@H](O)[C@H](O)[C@@H]1O[C@H](CO)[C@@H](O)[C@H](O)[C@H]1O. The number of hydrogen-bond acceptors (Lipinski definition) is 10. The normalized spacial score (nSPS) is 39.6. The summed E-state index contributed by atoms with van der Waals surface area (Å²) >= 11 is 0. The summed E-state index contributed by atoms with van der Waals surface area (Å²) in [4.78, 5) is 0. The molecule has 0 radical (unpaired) electrons. The molecule has 1 fully saturated rings. The number of aliphatic hydroxyl groups is 9. The molecule has 0 aromatic rings. The first-order valence-electron chi connectivity index (χ1n) is 6.39. The van der Waals surface area contributed by atoms with Crippen molar-refractivity contribution >= 4 is 0 Å². The van der Waals surface area contributed by atoms with Gasteiger partial charge in [0, 0.05) is 0 Å². The van der Waals surface area contributed by atoms with Crippen molar-refractivity contribution in [3.63, 3.8) is 0 Å². The zero-order valence-electron chi connectivity index (χ0n) is 11.0. The summed E-state index contributed by atoms with van der Waals surface area (Å²) in [6.45, 7) is -1.59. The molecule has 21 heavy (non-hydrogen) atoms. The molecular weight excluding hydrogens is 292 g/mol. The lowest BCUT2D eigenvalue weighted by Crippen LogP contribution is -2.64. The van der Waals surface area contributed by atoms with E-state index >= 15 is 0 Å². The number of rotatable bonds is 6. The highest BCUT2D eigenvalue weighted by molar-refractivity contribution is 4.97. The maximum absolute atomic E-state index is 9.88. The second-order valence-electron chi connectivity index (χ2n) is 5.02. The van der Waals surface area contributed by atoms with Crippen LogP contribution in [0, 0.1) is 0 Å². The third-order valence-electron chi connectivity index (χ3n) is 3.55. The standard InChI is InChI=1S/C11H22O10/c12-1-3(14)5(15)7(17)9(19)11-10(20)8(18)6(16)4(2-13)21-11/h3-20H,1-2H2/t3-,4+,5-,6+,7-,8-,9-,10+,11-/m0/s1. The van der Waals surface area contributed by atoms with Gasteiger partial charge in [0.15, 0.2) is 0 Å². The number of ether oxygens (including phenoxy) is 1. The lowest BCUT2D eigenvalue weighted by molar-refractivity contribution is -0.263. The Labute approximate surface area is 120 Å². The molecule has 10 nitrogen and oxygen atoms in total. The molecule has 0 aliphatic carbocycles. The van der Waals surface area contributed by atoms with Crippen LogP contribution in [0.1, 0.15) is 0 Å². The van der Waals surface area contributed by atoms with E-state index < -0.39 is 68.1 Å². The third kappa shape index (κ3) is 3.87. The minimum Gasteiger partial charge on any atom is -0.394 e. The van der Waals surface area contributed by atoms with Gasteiger partial charge in [-0.1, -0.05) is 0 Å². The first-order valence-corrected chi connectivity index (χ1v) is 6.39. The van der Waals surface area contributed by atoms with Crippen LogP contribution in [0.3, 0.4) is 0 Å². The fourth-order valence-electron chi connectivity index (χ4n) is 2.14. The average molecular weight is 314 g/mol. The van der Waals surface area contributed by atoms with E-state index in [1.807, 2.05) is 0 Å². The first kappa shape index (κ1) is 18.6. The summed E-state index contributed by atoms with van der Waals surface area (Å²) < 4.78 is 5.00. The smallest absolute Gasteiger partial charge is 0.115 e. The lowest BCUT2D eigenvalue weighted by atomic mass is 9.88. The molecule has 10 heteroatoms. The maximum Gasteiger partial charge on any atom is 0.115 e. The highest BCUT2D eigenvalue weighted by Gasteiger charge is 2.48. The van der Waals surface area contributed by atoms with Gasteiger partial charge >= 0.3 is 0 Å². The van der Waals surface area contributed by atoms with Crippen LogP contribution in [-0.4, -0.2) is 114 Å². The van der Waals surface area contributed by atoms with Crippen molar-refractivity contribution < 1.29 is 50.7 Å². The van der Waals surface area contributed by atoms with Gasteiger partial charge in [0.05, 0.1) is 13.2 Å². The molecule has 9 atom stereocenters. The monoisotopic (exact) mass is 314 g/mol. The van der Waals surface area contributed by atoms with Crippen LogP contribution in [0.25, 0.3) is 0 Å². The molecule has 0 aromatic heterocycles. The van der Waals surface area contributed by atoms with Gasteiger partial charge < -0.3 is 50.7 Å². The second kappa shape index (κ2) is 7.74. The van der Waals surface area contributed by atoms with Crippen molar-refractivity contribution in [2.24, 2.45) is 0 Å². The molecule has 1 heterocycles. The number of hydrogen-bond donors (Lipinski definition) is 9. The van der Waals surface area contributed by atoms with Gasteiger partial charge in [-0.3, -0.25) is 0 Å². The summed E-state index contributed by atoms with van der Waals surface area (Å²) in [6.07, 6.45) is -15.7. The molecule has 0 saturated carbocycles. The zero-order chi connectivity index (χ0) is 16.3. The van der Waals surface area contributed by atoms with Gasteiger partial charge in [-0.05, 0) is 0 Å². The van der Waals surface area contributed by atoms with Crippen molar-refractivity contribution in [3.8, 4) is 0 Å². The first-order chi connectivity index (χ1) is 9.76. The van der Waals surface area contributed by atoms with E-state index in [0.717, 1.165) is 0 Å². The molecule has 0 aromatic carbocycles. The highest BCUT2D eigenvalue weighted by Crippen LogP contribution is 2.25. The molecule has 0 amide bonds. The van der Waals surface area contributed by atoms with E-state index in [-0.39, 0.29) is 0 Å². The average Bonchev–Trinajstić information content (AvgIpc) is 2.50. The third-order valence-corrected chi connectivity index (χ3v) is 3.55. The Morgan fingerprint density at radius 3 is 1.86 bits per heavy atom. The van der Waals surface area contributed by atoms with Crippen LogP contribution in [0.2, 0.25) is 0 Å². The lowest BCUT2D eigenvalue weighted by Gasteiger charge is -2.43. The van der Waals surface area contributed by atoms with Crippen LogP contribution in [-0.2, 0) is 4.74 Å². The van der Waals surface area contributed by atoms with Gasteiger partial charge in [0.1, 0.15) is 54.9 Å². The van der Waals surface area contributed by atoms with Crippen molar-refractivity contribution in [2.75, 3.05) is 13.2 Å². The van der Waals surface area contributed by atoms with Gasteiger partial charge in [-0.2, -0.15) is 0 Å². The van der Waals surface area contributed by atoms with Gasteiger partial charge in [0.2, 0.25) is 0 Å². The fraction of sp³-hybridized carbons (Fsp3) is 1.00. The molecule has 9 N–H and O–H groups in total. The predicted octanol–water partition coefficient (Wildman–Crippen LogP) is -5.74. The molecule has 0 unspecified atom stereocenters. The van der Waals surface area contributed by atoms with Crippen molar-refractivity contribution in [2.45, 2.75) is 54.9 Å². The van der Waals surface area contributed by atoms with E-state index in [4.69, 9.17) is 14.9 Å². The Morgan fingerprint density at radius 1 is 0.810 bits per heavy atom. The van der Waals surface area contributed by atoms with Crippen LogP contribution in [0.5, 0.6) is 0 Å². The van der Waals surface area contributed by atoms with Crippen LogP contribution < -0.4 is 0 Å². The zero-order valence-corrected chi connectivity index (χ0v) is 11.0. The molecule has 1 saturated heterocycles. The molecule has 126 valence electrons. The summed E-state index contributed by atoms with van der Waals surface area (Å²) in [5, 5.41) is 84.8. The molecular formula is C11H22O10. The minimum absolute atomic E-state index is 0.716. The Hall–Kier alpha value is -0.400. The van der Waals surface area contributed by atoms with E-state index in [9.17, 15) is 35.7 Å². The van der Waals surface area contributed by atoms with Gasteiger partial charge in [-0.15, -0.1) is 0 Å². The summed E-state index contributed by atoms with van der Waals surface area (Å²) in [5.74, 6) is 0. The second-order valence-corrected chi connectivity index (χ2v) is 5.02. The van der Waals surface area contributed by atoms with Crippen molar-refractivity contribution in [1.29, 1.82) is 0 Å². The molecule has 1 aliphatic heterocycles. The van der Waals surface area contributed by atoms with Crippen LogP contribution in [0.15, 0.2) is 0 Å². The molecule has 0 bridgehead atoms. The van der Waals surface area contributed by atoms with E-state index in [1.165, 1.54) is 0 Å². The molecule has 1 aliphatic rings. The Balaban J connectivity index is 2.82. The summed E-state index contributed by atoms with van der Waals surface area (Å²) in [5.41, 5.74) is 0. The molecule has 1 rings (SSSR count). The number of aliphatic hydroxyl groups excluding tert-OH is 9. The fourth-order valence-corrected chi connectivity index (χ4v) is 2.14. The summed E-state index contributed by atoms with van der Waals surface area (Å²) in [7, 11) is 0. The van der Waals surface area contributed by atoms with Gasteiger partial charge in [0.25, 0.3) is 0 Å². The Kier molecular flexibility index (Phi) is 6.87. The van der Waals surface area contributed by atoms with E-state index in [2.05, 4.69) is 0 Å². The minimum atomic E-state index is -2.01. The van der Waals surface area contributed by atoms with E-state index in [0.29, 0.717) is 0 Å². The highest BCUT2D eigenvalue weighted by atomic mass is 16.6. The Bertz CT molecular complexity index is 313. The Morgan fingerprint density at radius 2 is 1.38 bits per heavy atom. The molecule has 0 spiro atoms. The largest absolute Gasteiger partial charge is 0.394 e. The van der Waals surface area contributed by atoms with Crippen LogP contribution in [0.4, 0.5) is 0 Å².